The number of nitrogens with one attached hydrogen (secondary N) is 1. The quantitative estimate of drug-likeness (QED) is 0.624. The van der Waals surface area contributed by atoms with Crippen molar-refractivity contribution in [2.45, 2.75) is 76.2 Å². The van der Waals surface area contributed by atoms with Crippen molar-refractivity contribution in [2.75, 3.05) is 13.2 Å². The zero-order chi connectivity index (χ0) is 22.6. The summed E-state index contributed by atoms with van der Waals surface area (Å²) >= 11 is 0. The largest absolute Gasteiger partial charge is 0.492 e. The van der Waals surface area contributed by atoms with Gasteiger partial charge in [0.2, 0.25) is 20.9 Å². The number of imidazole rings is 1. The molecule has 1 saturated carbocycles. The van der Waals surface area contributed by atoms with Crippen LogP contribution >= 0.6 is 0 Å². The number of carbonyl (C=O) groups is 1. The summed E-state index contributed by atoms with van der Waals surface area (Å²) in [5.74, 6) is 0.178. The van der Waals surface area contributed by atoms with Crippen LogP contribution in [0.2, 0.25) is 0 Å². The van der Waals surface area contributed by atoms with Crippen LogP contribution in [0.4, 0.5) is 0 Å². The van der Waals surface area contributed by atoms with Crippen molar-refractivity contribution in [3.8, 4) is 5.75 Å². The molecule has 1 aliphatic rings. The molecule has 2 aromatic rings. The first-order valence-electron chi connectivity index (χ1n) is 11.0. The molecule has 1 unspecified atom stereocenters. The number of amides is 1. The second-order valence-electron chi connectivity index (χ2n) is 8.37. The second-order valence-corrected chi connectivity index (χ2v) is 10.5. The fraction of sp³-hybridized carbons (Fsp3) is 0.565. The molecule has 0 saturated heterocycles. The van der Waals surface area contributed by atoms with Gasteiger partial charge in [-0.3, -0.25) is 4.79 Å². The monoisotopic (exact) mass is 447 g/mol. The molecule has 1 aliphatic carbocycles. The Labute approximate surface area is 185 Å². The van der Waals surface area contributed by atoms with Gasteiger partial charge < -0.3 is 14.6 Å². The van der Waals surface area contributed by atoms with Gasteiger partial charge in [0.15, 0.2) is 0 Å². The molecule has 1 heterocycles. The number of aromatic nitrogens is 2. The van der Waals surface area contributed by atoms with Gasteiger partial charge >= 0.3 is 0 Å². The van der Waals surface area contributed by atoms with Crippen LogP contribution in [-0.2, 0) is 14.6 Å². The maximum absolute atomic E-state index is 13.3. The van der Waals surface area contributed by atoms with E-state index in [1.165, 1.54) is 13.3 Å². The van der Waals surface area contributed by atoms with Crippen LogP contribution in [0, 0.1) is 20.8 Å². The standard InChI is InChI=1S/C23H33N3O4S/c1-16-9-8-12-21(15-16)30-14-13-24-22(27)19(4)31(28,29)23-25-17(2)18(3)26(23)20-10-6-5-7-11-20/h8-9,12,15,19-20H,5-7,10-11,13-14H2,1-4H3,(H,24,27). The Hall–Kier alpha value is -2.35. The van der Waals surface area contributed by atoms with Crippen molar-refractivity contribution in [1.29, 1.82) is 0 Å². The van der Waals surface area contributed by atoms with E-state index >= 15 is 0 Å². The van der Waals surface area contributed by atoms with Crippen molar-refractivity contribution < 1.29 is 17.9 Å². The van der Waals surface area contributed by atoms with Gasteiger partial charge in [-0.1, -0.05) is 31.4 Å². The van der Waals surface area contributed by atoms with Gasteiger partial charge in [-0.2, -0.15) is 0 Å². The van der Waals surface area contributed by atoms with E-state index in [0.29, 0.717) is 5.69 Å². The molecule has 0 bridgehead atoms. The lowest BCUT2D eigenvalue weighted by Gasteiger charge is -2.26. The highest BCUT2D eigenvalue weighted by Gasteiger charge is 2.36. The van der Waals surface area contributed by atoms with E-state index in [0.717, 1.165) is 42.7 Å². The number of carbonyl (C=O) groups excluding carboxylic acids is 1. The minimum atomic E-state index is -3.92. The highest BCUT2D eigenvalue weighted by Crippen LogP contribution is 2.33. The van der Waals surface area contributed by atoms with Crippen LogP contribution in [0.1, 0.15) is 62.0 Å². The Morgan fingerprint density at radius 1 is 1.23 bits per heavy atom. The van der Waals surface area contributed by atoms with Crippen molar-refractivity contribution in [1.82, 2.24) is 14.9 Å². The van der Waals surface area contributed by atoms with E-state index in [1.807, 2.05) is 49.6 Å². The third-order valence-electron chi connectivity index (χ3n) is 6.04. The van der Waals surface area contributed by atoms with Crippen molar-refractivity contribution in [2.24, 2.45) is 0 Å². The summed E-state index contributed by atoms with van der Waals surface area (Å²) in [5, 5.41) is 1.48. The zero-order valence-electron chi connectivity index (χ0n) is 18.8. The van der Waals surface area contributed by atoms with E-state index in [2.05, 4.69) is 10.3 Å². The molecule has 1 N–H and O–H groups in total. The molecular weight excluding hydrogens is 414 g/mol. The molecule has 0 aliphatic heterocycles. The molecule has 1 aromatic heterocycles. The number of ether oxygens (including phenoxy) is 1. The molecule has 3 rings (SSSR count). The van der Waals surface area contributed by atoms with Crippen LogP contribution in [0.15, 0.2) is 29.4 Å². The molecule has 1 atom stereocenters. The Kier molecular flexibility index (Phi) is 7.41. The molecule has 1 amide bonds. The van der Waals surface area contributed by atoms with Crippen LogP contribution in [0.25, 0.3) is 0 Å². The average molecular weight is 448 g/mol. The van der Waals surface area contributed by atoms with E-state index in [9.17, 15) is 13.2 Å². The molecule has 1 fully saturated rings. The first-order valence-corrected chi connectivity index (χ1v) is 12.5. The van der Waals surface area contributed by atoms with E-state index in [4.69, 9.17) is 4.74 Å². The summed E-state index contributed by atoms with van der Waals surface area (Å²) in [6.45, 7) is 7.61. The van der Waals surface area contributed by atoms with Crippen molar-refractivity contribution in [3.63, 3.8) is 0 Å². The number of nitrogens with zero attached hydrogens (tertiary/aromatic N) is 2. The van der Waals surface area contributed by atoms with E-state index < -0.39 is 21.0 Å². The van der Waals surface area contributed by atoms with Crippen LogP contribution in [-0.4, -0.2) is 42.3 Å². The number of benzene rings is 1. The lowest BCUT2D eigenvalue weighted by molar-refractivity contribution is -0.120. The third-order valence-corrected chi connectivity index (χ3v) is 7.98. The SMILES string of the molecule is Cc1cccc(OCCNC(=O)C(C)S(=O)(=O)c2nc(C)c(C)n2C2CCCCC2)c1. The third kappa shape index (κ3) is 5.29. The normalized spacial score (nSPS) is 16.1. The van der Waals surface area contributed by atoms with E-state index in [1.54, 1.807) is 0 Å². The zero-order valence-corrected chi connectivity index (χ0v) is 19.7. The smallest absolute Gasteiger partial charge is 0.238 e. The Morgan fingerprint density at radius 2 is 1.94 bits per heavy atom. The predicted molar refractivity (Wildman–Crippen MR) is 120 cm³/mol. The highest BCUT2D eigenvalue weighted by molar-refractivity contribution is 7.92. The summed E-state index contributed by atoms with van der Waals surface area (Å²) < 4.78 is 34.1. The summed E-state index contributed by atoms with van der Waals surface area (Å²) in [6, 6.07) is 7.75. The Bertz CT molecular complexity index is 1020. The number of rotatable bonds is 8. The van der Waals surface area contributed by atoms with Gasteiger partial charge in [0.25, 0.3) is 0 Å². The van der Waals surface area contributed by atoms with Gasteiger partial charge in [0.05, 0.1) is 12.2 Å². The Balaban J connectivity index is 1.67. The van der Waals surface area contributed by atoms with Crippen molar-refractivity contribution >= 4 is 15.7 Å². The Morgan fingerprint density at radius 3 is 2.61 bits per heavy atom. The number of aryl methyl sites for hydroxylation is 2. The summed E-state index contributed by atoms with van der Waals surface area (Å²) in [4.78, 5) is 17.0. The molecule has 7 nitrogen and oxygen atoms in total. The van der Waals surface area contributed by atoms with Gasteiger partial charge in [-0.15, -0.1) is 0 Å². The fourth-order valence-corrected chi connectivity index (χ4v) is 5.56. The minimum absolute atomic E-state index is 0.0214. The maximum atomic E-state index is 13.3. The fourth-order valence-electron chi connectivity index (χ4n) is 4.06. The molecular formula is C23H33N3O4S. The first-order chi connectivity index (χ1) is 14.7. The summed E-state index contributed by atoms with van der Waals surface area (Å²) in [7, 11) is -3.92. The first kappa shape index (κ1) is 23.3. The van der Waals surface area contributed by atoms with Gasteiger partial charge in [0.1, 0.15) is 17.6 Å². The number of hydrogen-bond donors (Lipinski definition) is 1. The average Bonchev–Trinajstić information content (AvgIpc) is 3.06. The number of hydrogen-bond acceptors (Lipinski definition) is 5. The lowest BCUT2D eigenvalue weighted by atomic mass is 9.95. The van der Waals surface area contributed by atoms with Crippen LogP contribution in [0.3, 0.4) is 0 Å². The molecule has 31 heavy (non-hydrogen) atoms. The minimum Gasteiger partial charge on any atom is -0.492 e. The number of sulfone groups is 1. The van der Waals surface area contributed by atoms with Gasteiger partial charge in [0, 0.05) is 11.7 Å². The maximum Gasteiger partial charge on any atom is 0.238 e. The lowest BCUT2D eigenvalue weighted by Crippen LogP contribution is -2.40. The molecule has 170 valence electrons. The molecule has 0 spiro atoms. The molecule has 1 aromatic carbocycles. The summed E-state index contributed by atoms with van der Waals surface area (Å²) in [5.41, 5.74) is 2.65. The van der Waals surface area contributed by atoms with Gasteiger partial charge in [-0.05, 0) is 58.2 Å². The topological polar surface area (TPSA) is 90.3 Å². The summed E-state index contributed by atoms with van der Waals surface area (Å²) in [6.07, 6.45) is 5.22. The van der Waals surface area contributed by atoms with Crippen LogP contribution < -0.4 is 10.1 Å². The molecule has 8 heteroatoms. The highest BCUT2D eigenvalue weighted by atomic mass is 32.2. The van der Waals surface area contributed by atoms with Crippen molar-refractivity contribution in [3.05, 3.63) is 41.2 Å². The van der Waals surface area contributed by atoms with Crippen LogP contribution in [0.5, 0.6) is 5.75 Å². The van der Waals surface area contributed by atoms with Gasteiger partial charge in [-0.25, -0.2) is 13.4 Å². The second kappa shape index (κ2) is 9.85. The predicted octanol–water partition coefficient (Wildman–Crippen LogP) is 3.67. The van der Waals surface area contributed by atoms with E-state index in [-0.39, 0.29) is 24.3 Å². The molecule has 0 radical (unpaired) electrons.